The first-order chi connectivity index (χ1) is 12.1. The maximum Gasteiger partial charge on any atom is 0.243 e. The minimum absolute atomic E-state index is 0.0554. The van der Waals surface area contributed by atoms with Gasteiger partial charge in [0.2, 0.25) is 11.9 Å². The van der Waals surface area contributed by atoms with Crippen LogP contribution in [0.1, 0.15) is 19.8 Å². The number of ether oxygens (including phenoxy) is 1. The van der Waals surface area contributed by atoms with Crippen LogP contribution in [0, 0.1) is 5.82 Å². The quantitative estimate of drug-likeness (QED) is 0.870. The Bertz CT molecular complexity index is 696. The molecule has 1 fully saturated rings. The topological polar surface area (TPSA) is 67.3 Å². The zero-order valence-corrected chi connectivity index (χ0v) is 14.1. The smallest absolute Gasteiger partial charge is 0.243 e. The second-order valence-corrected chi connectivity index (χ2v) is 6.07. The van der Waals surface area contributed by atoms with Crippen molar-refractivity contribution < 1.29 is 13.9 Å². The van der Waals surface area contributed by atoms with Crippen molar-refractivity contribution in [3.63, 3.8) is 0 Å². The van der Waals surface area contributed by atoms with E-state index < -0.39 is 0 Å². The van der Waals surface area contributed by atoms with Crippen molar-refractivity contribution in [2.75, 3.05) is 18.1 Å². The fourth-order valence-electron chi connectivity index (χ4n) is 2.85. The molecule has 1 aliphatic heterocycles. The molecular formula is C18H21FN4O2. The van der Waals surface area contributed by atoms with E-state index in [4.69, 9.17) is 4.74 Å². The highest BCUT2D eigenvalue weighted by molar-refractivity contribution is 5.85. The van der Waals surface area contributed by atoms with E-state index in [1.54, 1.807) is 30.6 Å². The molecule has 1 aromatic heterocycles. The lowest BCUT2D eigenvalue weighted by Crippen LogP contribution is -2.48. The van der Waals surface area contributed by atoms with E-state index in [1.807, 2.05) is 11.8 Å². The molecule has 1 N–H and O–H groups in total. The number of hydrogen-bond donors (Lipinski definition) is 1. The van der Waals surface area contributed by atoms with Gasteiger partial charge in [0.25, 0.3) is 0 Å². The third-order valence-electron chi connectivity index (χ3n) is 4.07. The molecule has 1 aliphatic rings. The van der Waals surface area contributed by atoms with Crippen molar-refractivity contribution in [3.8, 4) is 5.75 Å². The molecule has 0 bridgehead atoms. The van der Waals surface area contributed by atoms with Gasteiger partial charge < -0.3 is 15.0 Å². The van der Waals surface area contributed by atoms with Gasteiger partial charge in [-0.05, 0) is 50.1 Å². The summed E-state index contributed by atoms with van der Waals surface area (Å²) in [4.78, 5) is 23.0. The van der Waals surface area contributed by atoms with Crippen molar-refractivity contribution >= 4 is 11.9 Å². The summed E-state index contributed by atoms with van der Waals surface area (Å²) >= 11 is 0. The average molecular weight is 344 g/mol. The molecule has 0 spiro atoms. The first kappa shape index (κ1) is 17.1. The summed E-state index contributed by atoms with van der Waals surface area (Å²) in [6.07, 6.45) is 5.05. The van der Waals surface area contributed by atoms with Gasteiger partial charge in [-0.2, -0.15) is 0 Å². The van der Waals surface area contributed by atoms with E-state index in [0.717, 1.165) is 19.4 Å². The molecule has 0 radical (unpaired) electrons. The molecule has 2 atom stereocenters. The highest BCUT2D eigenvalue weighted by Crippen LogP contribution is 2.22. The molecule has 132 valence electrons. The van der Waals surface area contributed by atoms with E-state index in [1.165, 1.54) is 12.1 Å². The largest absolute Gasteiger partial charge is 0.491 e. The Morgan fingerprint density at radius 2 is 2.08 bits per heavy atom. The number of nitrogens with zero attached hydrogens (tertiary/aromatic N) is 3. The van der Waals surface area contributed by atoms with Gasteiger partial charge in [-0.1, -0.05) is 0 Å². The third kappa shape index (κ3) is 4.43. The van der Waals surface area contributed by atoms with Crippen LogP contribution < -0.4 is 15.0 Å². The first-order valence-corrected chi connectivity index (χ1v) is 8.36. The number of anilines is 1. The number of carbonyl (C=O) groups excluding carboxylic acids is 1. The van der Waals surface area contributed by atoms with Gasteiger partial charge in [-0.3, -0.25) is 4.79 Å². The van der Waals surface area contributed by atoms with Crippen LogP contribution in [0.15, 0.2) is 42.7 Å². The van der Waals surface area contributed by atoms with Crippen molar-refractivity contribution in [1.29, 1.82) is 0 Å². The summed E-state index contributed by atoms with van der Waals surface area (Å²) in [5.41, 5.74) is 0. The Hall–Kier alpha value is -2.70. The van der Waals surface area contributed by atoms with Crippen LogP contribution in [-0.2, 0) is 4.79 Å². The second-order valence-electron chi connectivity index (χ2n) is 6.07. The number of nitrogens with one attached hydrogen (secondary N) is 1. The molecule has 1 saturated heterocycles. The summed E-state index contributed by atoms with van der Waals surface area (Å²) in [6.45, 7) is 2.95. The molecule has 0 aliphatic carbocycles. The van der Waals surface area contributed by atoms with E-state index in [9.17, 15) is 9.18 Å². The summed E-state index contributed by atoms with van der Waals surface area (Å²) in [5, 5.41) is 2.97. The van der Waals surface area contributed by atoms with E-state index >= 15 is 0 Å². The van der Waals surface area contributed by atoms with E-state index in [-0.39, 0.29) is 23.8 Å². The number of halogens is 1. The van der Waals surface area contributed by atoms with Crippen molar-refractivity contribution in [3.05, 3.63) is 48.5 Å². The summed E-state index contributed by atoms with van der Waals surface area (Å²) in [7, 11) is 0. The highest BCUT2D eigenvalue weighted by atomic mass is 19.1. The number of benzene rings is 1. The van der Waals surface area contributed by atoms with Gasteiger partial charge in [0, 0.05) is 18.9 Å². The fourth-order valence-corrected chi connectivity index (χ4v) is 2.85. The maximum absolute atomic E-state index is 12.9. The van der Waals surface area contributed by atoms with E-state index in [2.05, 4.69) is 15.3 Å². The Morgan fingerprint density at radius 1 is 1.36 bits per heavy atom. The van der Waals surface area contributed by atoms with Crippen LogP contribution >= 0.6 is 0 Å². The highest BCUT2D eigenvalue weighted by Gasteiger charge is 2.32. The predicted octanol–water partition coefficient (Wildman–Crippen LogP) is 2.17. The number of hydrogen-bond acceptors (Lipinski definition) is 5. The SMILES string of the molecule is C[C@H](COc1ccc(F)cc1)NC(=O)[C@H]1CCCN1c1ncccn1. The molecule has 1 aromatic carbocycles. The number of rotatable bonds is 6. The maximum atomic E-state index is 12.9. The zero-order chi connectivity index (χ0) is 17.6. The normalized spacial score (nSPS) is 18.0. The molecular weight excluding hydrogens is 323 g/mol. The summed E-state index contributed by atoms with van der Waals surface area (Å²) in [5.74, 6) is 0.788. The van der Waals surface area contributed by atoms with Crippen LogP contribution in [0.4, 0.5) is 10.3 Å². The molecule has 25 heavy (non-hydrogen) atoms. The van der Waals surface area contributed by atoms with Gasteiger partial charge in [0.1, 0.15) is 24.2 Å². The van der Waals surface area contributed by atoms with Gasteiger partial charge in [0.15, 0.2) is 0 Å². The van der Waals surface area contributed by atoms with Gasteiger partial charge in [-0.25, -0.2) is 14.4 Å². The van der Waals surface area contributed by atoms with Crippen LogP contribution in [0.25, 0.3) is 0 Å². The van der Waals surface area contributed by atoms with Crippen LogP contribution in [0.2, 0.25) is 0 Å². The lowest BCUT2D eigenvalue weighted by molar-refractivity contribution is -0.123. The van der Waals surface area contributed by atoms with Crippen molar-refractivity contribution in [2.45, 2.75) is 31.8 Å². The Labute approximate surface area is 146 Å². The molecule has 7 heteroatoms. The van der Waals surface area contributed by atoms with Crippen LogP contribution in [0.5, 0.6) is 5.75 Å². The van der Waals surface area contributed by atoms with Crippen molar-refractivity contribution in [2.24, 2.45) is 0 Å². The number of amides is 1. The van der Waals surface area contributed by atoms with Gasteiger partial charge in [0.05, 0.1) is 6.04 Å². The lowest BCUT2D eigenvalue weighted by Gasteiger charge is -2.25. The fraction of sp³-hybridized carbons (Fsp3) is 0.389. The molecule has 6 nitrogen and oxygen atoms in total. The van der Waals surface area contributed by atoms with Crippen molar-refractivity contribution in [1.82, 2.24) is 15.3 Å². The standard InChI is InChI=1S/C18H21FN4O2/c1-13(12-25-15-7-5-14(19)6-8-15)22-17(24)16-4-2-11-23(16)18-20-9-3-10-21-18/h3,5-10,13,16H,2,4,11-12H2,1H3,(H,22,24)/t13-,16-/m1/s1. The number of carbonyl (C=O) groups is 1. The molecule has 2 heterocycles. The zero-order valence-electron chi connectivity index (χ0n) is 14.1. The summed E-state index contributed by atoms with van der Waals surface area (Å²) < 4.78 is 18.5. The molecule has 1 amide bonds. The monoisotopic (exact) mass is 344 g/mol. The Morgan fingerprint density at radius 3 is 2.80 bits per heavy atom. The minimum atomic E-state index is -0.307. The van der Waals surface area contributed by atoms with E-state index in [0.29, 0.717) is 18.3 Å². The second kappa shape index (κ2) is 7.92. The molecule has 0 unspecified atom stereocenters. The van der Waals surface area contributed by atoms with Crippen LogP contribution in [0.3, 0.4) is 0 Å². The Kier molecular flexibility index (Phi) is 5.42. The third-order valence-corrected chi connectivity index (χ3v) is 4.07. The van der Waals surface area contributed by atoms with Gasteiger partial charge >= 0.3 is 0 Å². The Balaban J connectivity index is 1.53. The number of aromatic nitrogens is 2. The first-order valence-electron chi connectivity index (χ1n) is 8.36. The predicted molar refractivity (Wildman–Crippen MR) is 91.9 cm³/mol. The molecule has 2 aromatic rings. The van der Waals surface area contributed by atoms with Crippen LogP contribution in [-0.4, -0.2) is 41.1 Å². The molecule has 0 saturated carbocycles. The summed E-state index contributed by atoms with van der Waals surface area (Å²) in [6, 6.07) is 7.13. The van der Waals surface area contributed by atoms with Gasteiger partial charge in [-0.15, -0.1) is 0 Å². The molecule has 3 rings (SSSR count). The average Bonchev–Trinajstić information content (AvgIpc) is 3.12. The minimum Gasteiger partial charge on any atom is -0.491 e. The lowest BCUT2D eigenvalue weighted by atomic mass is 10.2.